The van der Waals surface area contributed by atoms with Crippen LogP contribution in [0.25, 0.3) is 0 Å². The van der Waals surface area contributed by atoms with Crippen molar-refractivity contribution in [1.82, 2.24) is 4.90 Å². The number of nitrogens with zero attached hydrogens (tertiary/aromatic N) is 1. The molecular weight excluding hydrogens is 258 g/mol. The van der Waals surface area contributed by atoms with Gasteiger partial charge in [-0.3, -0.25) is 4.90 Å². The van der Waals surface area contributed by atoms with Gasteiger partial charge in [-0.2, -0.15) is 0 Å². The van der Waals surface area contributed by atoms with Gasteiger partial charge >= 0.3 is 0 Å². The molecule has 1 aliphatic heterocycles. The molecule has 0 saturated heterocycles. The average molecular weight is 281 g/mol. The fourth-order valence-corrected chi connectivity index (χ4v) is 2.99. The Kier molecular flexibility index (Phi) is 4.56. The largest absolute Gasteiger partial charge is 0.489 e. The molecule has 1 aliphatic rings. The predicted molar refractivity (Wildman–Crippen MR) is 86.6 cm³/mol. The van der Waals surface area contributed by atoms with Gasteiger partial charge in [0.1, 0.15) is 11.9 Å². The highest BCUT2D eigenvalue weighted by molar-refractivity contribution is 5.34. The number of benzene rings is 2. The van der Waals surface area contributed by atoms with E-state index in [1.807, 2.05) is 0 Å². The van der Waals surface area contributed by atoms with Crippen LogP contribution in [-0.4, -0.2) is 24.1 Å². The van der Waals surface area contributed by atoms with Gasteiger partial charge in [0.05, 0.1) is 0 Å². The molecule has 0 bridgehead atoms. The number of ether oxygens (including phenoxy) is 1. The minimum Gasteiger partial charge on any atom is -0.489 e. The first-order chi connectivity index (χ1) is 10.3. The Bertz CT molecular complexity index is 567. The maximum absolute atomic E-state index is 6.01. The molecule has 2 aromatic carbocycles. The summed E-state index contributed by atoms with van der Waals surface area (Å²) in [5, 5.41) is 0. The van der Waals surface area contributed by atoms with Gasteiger partial charge in [0.15, 0.2) is 0 Å². The second-order valence-corrected chi connectivity index (χ2v) is 5.86. The summed E-state index contributed by atoms with van der Waals surface area (Å²) in [5.41, 5.74) is 2.73. The molecule has 0 radical (unpaired) electrons. The van der Waals surface area contributed by atoms with Gasteiger partial charge in [0, 0.05) is 18.7 Å². The van der Waals surface area contributed by atoms with E-state index in [0.717, 1.165) is 31.8 Å². The van der Waals surface area contributed by atoms with Crippen LogP contribution in [0.3, 0.4) is 0 Å². The lowest BCUT2D eigenvalue weighted by Gasteiger charge is -2.21. The molecule has 0 spiro atoms. The standard InChI is InChI=1S/C19H23NO/c1-16-14-20(13-7-10-17-8-3-2-4-9-17)15-18-11-5-6-12-19(18)21-16/h2-6,8-9,11-12,16H,7,10,13-15H2,1H3/t16-/m0/s1. The molecule has 0 aliphatic carbocycles. The zero-order chi connectivity index (χ0) is 14.5. The number of fused-ring (bicyclic) bond motifs is 1. The van der Waals surface area contributed by atoms with Gasteiger partial charge in [-0.05, 0) is 37.9 Å². The van der Waals surface area contributed by atoms with Gasteiger partial charge in [-0.25, -0.2) is 0 Å². The van der Waals surface area contributed by atoms with Gasteiger partial charge in [0.25, 0.3) is 0 Å². The first-order valence-corrected chi connectivity index (χ1v) is 7.82. The van der Waals surface area contributed by atoms with E-state index in [1.165, 1.54) is 17.5 Å². The van der Waals surface area contributed by atoms with Crippen molar-refractivity contribution in [3.8, 4) is 5.75 Å². The van der Waals surface area contributed by atoms with Crippen molar-refractivity contribution in [3.05, 3.63) is 65.7 Å². The molecule has 2 heteroatoms. The number of aryl methyl sites for hydroxylation is 1. The summed E-state index contributed by atoms with van der Waals surface area (Å²) in [6.45, 7) is 5.28. The summed E-state index contributed by atoms with van der Waals surface area (Å²) < 4.78 is 6.01. The fourth-order valence-electron chi connectivity index (χ4n) is 2.99. The van der Waals surface area contributed by atoms with E-state index in [4.69, 9.17) is 4.74 Å². The maximum atomic E-state index is 6.01. The van der Waals surface area contributed by atoms with E-state index in [2.05, 4.69) is 66.4 Å². The van der Waals surface area contributed by atoms with Crippen LogP contribution in [0.5, 0.6) is 5.75 Å². The van der Waals surface area contributed by atoms with Gasteiger partial charge in [-0.15, -0.1) is 0 Å². The van der Waals surface area contributed by atoms with Crippen molar-refractivity contribution in [2.45, 2.75) is 32.4 Å². The molecule has 1 atom stereocenters. The molecule has 2 nitrogen and oxygen atoms in total. The van der Waals surface area contributed by atoms with E-state index in [-0.39, 0.29) is 6.10 Å². The van der Waals surface area contributed by atoms with Crippen molar-refractivity contribution < 1.29 is 4.74 Å². The lowest BCUT2D eigenvalue weighted by molar-refractivity contribution is 0.160. The third-order valence-corrected chi connectivity index (χ3v) is 3.99. The molecule has 2 aromatic rings. The van der Waals surface area contributed by atoms with Crippen LogP contribution >= 0.6 is 0 Å². The fraction of sp³-hybridized carbons (Fsp3) is 0.368. The highest BCUT2D eigenvalue weighted by Crippen LogP contribution is 2.24. The molecule has 0 saturated carbocycles. The second kappa shape index (κ2) is 6.77. The summed E-state index contributed by atoms with van der Waals surface area (Å²) in [5.74, 6) is 1.05. The van der Waals surface area contributed by atoms with Gasteiger partial charge < -0.3 is 4.74 Å². The Morgan fingerprint density at radius 1 is 1.05 bits per heavy atom. The summed E-state index contributed by atoms with van der Waals surface area (Å²) in [6, 6.07) is 19.1. The van der Waals surface area contributed by atoms with Gasteiger partial charge in [0.2, 0.25) is 0 Å². The minimum absolute atomic E-state index is 0.255. The summed E-state index contributed by atoms with van der Waals surface area (Å²) in [6.07, 6.45) is 2.60. The molecule has 110 valence electrons. The Labute approximate surface area is 127 Å². The molecule has 0 N–H and O–H groups in total. The van der Waals surface area contributed by atoms with Crippen molar-refractivity contribution in [3.63, 3.8) is 0 Å². The van der Waals surface area contributed by atoms with Crippen LogP contribution in [0, 0.1) is 0 Å². The third kappa shape index (κ3) is 3.85. The van der Waals surface area contributed by atoms with Crippen molar-refractivity contribution in [2.24, 2.45) is 0 Å². The van der Waals surface area contributed by atoms with E-state index in [0.29, 0.717) is 0 Å². The normalized spacial score (nSPS) is 18.6. The highest BCUT2D eigenvalue weighted by atomic mass is 16.5. The second-order valence-electron chi connectivity index (χ2n) is 5.86. The highest BCUT2D eigenvalue weighted by Gasteiger charge is 2.19. The Balaban J connectivity index is 1.58. The lowest BCUT2D eigenvalue weighted by Crippen LogP contribution is -2.31. The molecule has 3 rings (SSSR count). The maximum Gasteiger partial charge on any atom is 0.124 e. The quantitative estimate of drug-likeness (QED) is 0.842. The number of hydrogen-bond donors (Lipinski definition) is 0. The zero-order valence-corrected chi connectivity index (χ0v) is 12.7. The number of hydrogen-bond acceptors (Lipinski definition) is 2. The monoisotopic (exact) mass is 281 g/mol. The first kappa shape index (κ1) is 14.2. The van der Waals surface area contributed by atoms with Crippen LogP contribution in [0.4, 0.5) is 0 Å². The Hall–Kier alpha value is -1.80. The van der Waals surface area contributed by atoms with Crippen LogP contribution in [-0.2, 0) is 13.0 Å². The van der Waals surface area contributed by atoms with E-state index in [1.54, 1.807) is 0 Å². The molecular formula is C19H23NO. The molecule has 0 aromatic heterocycles. The van der Waals surface area contributed by atoms with Crippen molar-refractivity contribution in [2.75, 3.05) is 13.1 Å². The SMILES string of the molecule is C[C@H]1CN(CCCc2ccccc2)Cc2ccccc2O1. The van der Waals surface area contributed by atoms with Crippen LogP contribution in [0.1, 0.15) is 24.5 Å². The summed E-state index contributed by atoms with van der Waals surface area (Å²) >= 11 is 0. The number of rotatable bonds is 4. The zero-order valence-electron chi connectivity index (χ0n) is 12.7. The van der Waals surface area contributed by atoms with Gasteiger partial charge in [-0.1, -0.05) is 48.5 Å². The first-order valence-electron chi connectivity index (χ1n) is 7.82. The minimum atomic E-state index is 0.255. The molecule has 1 heterocycles. The topological polar surface area (TPSA) is 12.5 Å². The van der Waals surface area contributed by atoms with Crippen molar-refractivity contribution >= 4 is 0 Å². The smallest absolute Gasteiger partial charge is 0.124 e. The molecule has 0 unspecified atom stereocenters. The van der Waals surface area contributed by atoms with Crippen LogP contribution in [0.2, 0.25) is 0 Å². The predicted octanol–water partition coefficient (Wildman–Crippen LogP) is 3.90. The van der Waals surface area contributed by atoms with E-state index in [9.17, 15) is 0 Å². The number of para-hydroxylation sites is 1. The van der Waals surface area contributed by atoms with Crippen LogP contribution < -0.4 is 4.74 Å². The Morgan fingerprint density at radius 3 is 2.67 bits per heavy atom. The molecule has 0 fully saturated rings. The molecule has 0 amide bonds. The average Bonchev–Trinajstić information content (AvgIpc) is 2.66. The van der Waals surface area contributed by atoms with Crippen LogP contribution in [0.15, 0.2) is 54.6 Å². The Morgan fingerprint density at radius 2 is 1.81 bits per heavy atom. The third-order valence-electron chi connectivity index (χ3n) is 3.99. The van der Waals surface area contributed by atoms with E-state index < -0.39 is 0 Å². The summed E-state index contributed by atoms with van der Waals surface area (Å²) in [4.78, 5) is 2.51. The molecule has 21 heavy (non-hydrogen) atoms. The van der Waals surface area contributed by atoms with E-state index >= 15 is 0 Å². The lowest BCUT2D eigenvalue weighted by atomic mass is 10.1. The van der Waals surface area contributed by atoms with Crippen molar-refractivity contribution in [1.29, 1.82) is 0 Å². The summed E-state index contributed by atoms with van der Waals surface area (Å²) in [7, 11) is 0.